The van der Waals surface area contributed by atoms with Crippen LogP contribution >= 0.6 is 34.7 Å². The number of aromatic nitrogens is 3. The minimum absolute atomic E-state index is 0.0709. The molecule has 0 aliphatic carbocycles. The maximum absolute atomic E-state index is 13.5. The number of nitrogens with zero attached hydrogens (tertiary/aromatic N) is 4. The van der Waals surface area contributed by atoms with Crippen molar-refractivity contribution in [1.29, 1.82) is 0 Å². The number of methoxy groups -OCH3 is 1. The van der Waals surface area contributed by atoms with Crippen LogP contribution in [0.3, 0.4) is 0 Å². The molecule has 42 heavy (non-hydrogen) atoms. The molecule has 1 N–H and O–H groups in total. The van der Waals surface area contributed by atoms with E-state index in [4.69, 9.17) is 21.1 Å². The number of anilines is 1. The van der Waals surface area contributed by atoms with Crippen molar-refractivity contribution in [3.8, 4) is 11.5 Å². The normalized spacial score (nSPS) is 16.2. The second kappa shape index (κ2) is 13.4. The van der Waals surface area contributed by atoms with Gasteiger partial charge in [-0.25, -0.2) is 0 Å². The molecular formula is C30H27ClN4O5S2. The van der Waals surface area contributed by atoms with Crippen LogP contribution in [0.5, 0.6) is 11.5 Å². The fourth-order valence-electron chi connectivity index (χ4n) is 4.39. The molecule has 3 heterocycles. The Balaban J connectivity index is 1.54. The average molecular weight is 623 g/mol. The Hall–Kier alpha value is -3.93. The van der Waals surface area contributed by atoms with Gasteiger partial charge in [-0.3, -0.25) is 19.5 Å². The summed E-state index contributed by atoms with van der Waals surface area (Å²) in [6, 6.07) is 14.9. The third kappa shape index (κ3) is 6.28. The third-order valence-corrected chi connectivity index (χ3v) is 8.91. The average Bonchev–Trinajstić information content (AvgIpc) is 3.59. The minimum atomic E-state index is -0.987. The lowest BCUT2D eigenvalue weighted by atomic mass is 9.95. The van der Waals surface area contributed by atoms with Gasteiger partial charge in [-0.1, -0.05) is 66.2 Å². The van der Waals surface area contributed by atoms with Gasteiger partial charge in [0.2, 0.25) is 5.13 Å². The molecule has 1 atom stereocenters. The van der Waals surface area contributed by atoms with Crippen molar-refractivity contribution in [2.24, 2.45) is 0 Å². The molecule has 0 radical (unpaired) electrons. The topological polar surface area (TPSA) is 115 Å². The lowest BCUT2D eigenvalue weighted by molar-refractivity contribution is -0.132. The number of rotatable bonds is 11. The first-order chi connectivity index (χ1) is 20.4. The number of ketones is 1. The van der Waals surface area contributed by atoms with Crippen LogP contribution < -0.4 is 14.4 Å². The Bertz CT molecular complexity index is 1610. The maximum Gasteiger partial charge on any atom is 0.301 e. The van der Waals surface area contributed by atoms with Crippen molar-refractivity contribution in [2.45, 2.75) is 35.9 Å². The smallest absolute Gasteiger partial charge is 0.301 e. The Kier molecular flexibility index (Phi) is 9.41. The van der Waals surface area contributed by atoms with Crippen molar-refractivity contribution >= 4 is 57.3 Å². The number of halogens is 1. The number of benzene rings is 2. The van der Waals surface area contributed by atoms with Crippen molar-refractivity contribution in [3.05, 3.63) is 94.3 Å². The summed E-state index contributed by atoms with van der Waals surface area (Å²) in [5.74, 6) is -0.364. The van der Waals surface area contributed by atoms with Gasteiger partial charge in [0.05, 0.1) is 25.3 Å². The number of hydrogen-bond acceptors (Lipinski definition) is 10. The number of Topliss-reactive ketones (excluding diaryl/α,β-unsaturated/α-hetero) is 1. The molecule has 0 spiro atoms. The molecule has 12 heteroatoms. The highest BCUT2D eigenvalue weighted by Crippen LogP contribution is 2.45. The fourth-order valence-corrected chi connectivity index (χ4v) is 6.34. The van der Waals surface area contributed by atoms with Crippen molar-refractivity contribution in [1.82, 2.24) is 15.2 Å². The van der Waals surface area contributed by atoms with E-state index >= 15 is 0 Å². The number of thioether (sulfide) groups is 1. The van der Waals surface area contributed by atoms with Gasteiger partial charge in [-0.05, 0) is 53.9 Å². The van der Waals surface area contributed by atoms with Crippen LogP contribution in [0.4, 0.5) is 5.13 Å². The van der Waals surface area contributed by atoms with E-state index < -0.39 is 17.7 Å². The molecule has 4 aromatic rings. The largest absolute Gasteiger partial charge is 0.507 e. The van der Waals surface area contributed by atoms with Gasteiger partial charge in [0, 0.05) is 28.7 Å². The van der Waals surface area contributed by atoms with E-state index in [-0.39, 0.29) is 16.5 Å². The van der Waals surface area contributed by atoms with Crippen LogP contribution in [0.15, 0.2) is 76.9 Å². The van der Waals surface area contributed by atoms with E-state index in [9.17, 15) is 14.7 Å². The van der Waals surface area contributed by atoms with Crippen LogP contribution in [0, 0.1) is 0 Å². The molecule has 0 saturated carbocycles. The SMILES string of the molecule is CCCCOc1ccc(C2/C(=C(\O)c3ccncc3)C(=O)C(=O)N2c2nnc(SCc3ccc(Cl)cc3)s2)cc1OC. The lowest BCUT2D eigenvalue weighted by Crippen LogP contribution is -2.29. The zero-order valence-corrected chi connectivity index (χ0v) is 25.2. The summed E-state index contributed by atoms with van der Waals surface area (Å²) in [5.41, 5.74) is 1.87. The number of unbranched alkanes of at least 4 members (excludes halogenated alkanes) is 1. The van der Waals surface area contributed by atoms with Gasteiger partial charge in [-0.2, -0.15) is 0 Å². The van der Waals surface area contributed by atoms with E-state index in [2.05, 4.69) is 22.1 Å². The molecule has 5 rings (SSSR count). The van der Waals surface area contributed by atoms with Gasteiger partial charge in [0.15, 0.2) is 15.8 Å². The van der Waals surface area contributed by atoms with E-state index in [1.807, 2.05) is 24.3 Å². The number of aliphatic hydroxyl groups is 1. The number of hydrogen-bond donors (Lipinski definition) is 1. The quantitative estimate of drug-likeness (QED) is 0.0487. The van der Waals surface area contributed by atoms with Crippen LogP contribution in [0.1, 0.15) is 42.5 Å². The van der Waals surface area contributed by atoms with Gasteiger partial charge in [0.25, 0.3) is 5.78 Å². The first-order valence-corrected chi connectivity index (χ1v) is 15.3. The highest BCUT2D eigenvalue weighted by molar-refractivity contribution is 8.00. The molecule has 1 amide bonds. The first-order valence-electron chi connectivity index (χ1n) is 13.1. The Morgan fingerprint density at radius 1 is 1.07 bits per heavy atom. The molecule has 0 bridgehead atoms. The number of aliphatic hydroxyl groups excluding tert-OH is 1. The number of pyridine rings is 1. The molecule has 9 nitrogen and oxygen atoms in total. The molecule has 1 fully saturated rings. The molecule has 1 aliphatic rings. The second-order valence-electron chi connectivity index (χ2n) is 9.28. The predicted molar refractivity (Wildman–Crippen MR) is 163 cm³/mol. The summed E-state index contributed by atoms with van der Waals surface area (Å²) < 4.78 is 12.1. The highest BCUT2D eigenvalue weighted by Gasteiger charge is 2.48. The van der Waals surface area contributed by atoms with Crippen molar-refractivity contribution in [3.63, 3.8) is 0 Å². The number of amides is 1. The second-order valence-corrected chi connectivity index (χ2v) is 11.9. The fraction of sp³-hybridized carbons (Fsp3) is 0.233. The minimum Gasteiger partial charge on any atom is -0.507 e. The standard InChI is InChI=1S/C30H27ClN4O5S2/c1-3-4-15-40-22-10-7-20(16-23(22)39-2)25-24(26(36)19-11-13-32-14-12-19)27(37)28(38)35(25)29-33-34-30(42-29)41-17-18-5-8-21(31)9-6-18/h5-14,16,25,36H,3-4,15,17H2,1-2H3/b26-24+. The predicted octanol–water partition coefficient (Wildman–Crippen LogP) is 6.69. The van der Waals surface area contributed by atoms with Gasteiger partial charge < -0.3 is 14.6 Å². The molecule has 1 saturated heterocycles. The summed E-state index contributed by atoms with van der Waals surface area (Å²) >= 11 is 8.64. The molecule has 2 aromatic heterocycles. The molecule has 216 valence electrons. The number of carbonyl (C=O) groups is 2. The van der Waals surface area contributed by atoms with E-state index in [1.165, 1.54) is 47.5 Å². The van der Waals surface area contributed by atoms with E-state index in [0.29, 0.717) is 44.3 Å². The molecule has 2 aromatic carbocycles. The Labute approximate surface area is 256 Å². The zero-order valence-electron chi connectivity index (χ0n) is 22.8. The number of ether oxygens (including phenoxy) is 2. The van der Waals surface area contributed by atoms with E-state index in [1.54, 1.807) is 30.3 Å². The molecule has 1 aliphatic heterocycles. The maximum atomic E-state index is 13.5. The van der Waals surface area contributed by atoms with Crippen LogP contribution in [0.2, 0.25) is 5.02 Å². The summed E-state index contributed by atoms with van der Waals surface area (Å²) in [4.78, 5) is 32.3. The lowest BCUT2D eigenvalue weighted by Gasteiger charge is -2.23. The van der Waals surface area contributed by atoms with Gasteiger partial charge >= 0.3 is 5.91 Å². The summed E-state index contributed by atoms with van der Waals surface area (Å²) in [6.07, 6.45) is 4.86. The Morgan fingerprint density at radius 2 is 1.83 bits per heavy atom. The summed E-state index contributed by atoms with van der Waals surface area (Å²) in [6.45, 7) is 2.60. The van der Waals surface area contributed by atoms with Crippen molar-refractivity contribution < 1.29 is 24.2 Å². The number of carbonyl (C=O) groups excluding carboxylic acids is 2. The van der Waals surface area contributed by atoms with Crippen LogP contribution in [-0.4, -0.2) is 45.7 Å². The van der Waals surface area contributed by atoms with Gasteiger partial charge in [0.1, 0.15) is 5.76 Å². The Morgan fingerprint density at radius 3 is 2.55 bits per heavy atom. The van der Waals surface area contributed by atoms with E-state index in [0.717, 1.165) is 18.4 Å². The summed E-state index contributed by atoms with van der Waals surface area (Å²) in [5, 5.41) is 20.7. The molecule has 1 unspecified atom stereocenters. The first kappa shape index (κ1) is 29.6. The summed E-state index contributed by atoms with van der Waals surface area (Å²) in [7, 11) is 1.52. The van der Waals surface area contributed by atoms with Crippen LogP contribution in [0.25, 0.3) is 5.76 Å². The van der Waals surface area contributed by atoms with Gasteiger partial charge in [-0.15, -0.1) is 10.2 Å². The highest BCUT2D eigenvalue weighted by atomic mass is 35.5. The third-order valence-electron chi connectivity index (χ3n) is 6.53. The van der Waals surface area contributed by atoms with Crippen molar-refractivity contribution in [2.75, 3.05) is 18.6 Å². The zero-order chi connectivity index (χ0) is 29.6. The van der Waals surface area contributed by atoms with Crippen LogP contribution in [-0.2, 0) is 15.3 Å². The monoisotopic (exact) mass is 622 g/mol. The molecular weight excluding hydrogens is 596 g/mol.